The van der Waals surface area contributed by atoms with E-state index in [0.29, 0.717) is 12.2 Å². The molecule has 0 aliphatic rings. The van der Waals surface area contributed by atoms with Gasteiger partial charge in [0.1, 0.15) is 6.04 Å². The Labute approximate surface area is 113 Å². The van der Waals surface area contributed by atoms with Crippen LogP contribution in [-0.2, 0) is 6.42 Å². The van der Waals surface area contributed by atoms with Crippen molar-refractivity contribution in [3.8, 4) is 0 Å². The van der Waals surface area contributed by atoms with E-state index in [1.165, 1.54) is 0 Å². The molecular weight excluding hydrogens is 298 g/mol. The van der Waals surface area contributed by atoms with Gasteiger partial charge in [-0.1, -0.05) is 33.2 Å². The Hall–Kier alpha value is -1.24. The first-order chi connectivity index (χ1) is 8.56. The monoisotopic (exact) mass is 311 g/mol. The largest absolute Gasteiger partial charge is 0.391 e. The highest BCUT2D eigenvalue weighted by molar-refractivity contribution is 9.10. The Morgan fingerprint density at radius 1 is 1.50 bits per heavy atom. The van der Waals surface area contributed by atoms with Crippen molar-refractivity contribution in [3.63, 3.8) is 0 Å². The number of aliphatic hydroxyl groups excluding tert-OH is 1. The molecule has 0 bridgehead atoms. The first-order valence-corrected chi connectivity index (χ1v) is 6.36. The van der Waals surface area contributed by atoms with E-state index in [-0.39, 0.29) is 5.89 Å². The van der Waals surface area contributed by atoms with Crippen LogP contribution in [-0.4, -0.2) is 21.4 Å². The van der Waals surface area contributed by atoms with Crippen molar-refractivity contribution < 1.29 is 9.63 Å². The van der Waals surface area contributed by atoms with Crippen LogP contribution in [0.15, 0.2) is 33.3 Å². The molecule has 0 aliphatic heterocycles. The minimum absolute atomic E-state index is 0.259. The van der Waals surface area contributed by atoms with Gasteiger partial charge < -0.3 is 15.4 Å². The maximum absolute atomic E-state index is 9.35. The van der Waals surface area contributed by atoms with Crippen molar-refractivity contribution in [1.29, 1.82) is 0 Å². The summed E-state index contributed by atoms with van der Waals surface area (Å²) in [6, 6.07) is 7.23. The summed E-state index contributed by atoms with van der Waals surface area (Å²) in [5, 5.41) is 13.2. The second kappa shape index (κ2) is 5.60. The number of nitrogens with two attached hydrogens (primary N) is 1. The summed E-state index contributed by atoms with van der Waals surface area (Å²) in [5.41, 5.74) is 6.79. The third kappa shape index (κ3) is 3.16. The van der Waals surface area contributed by atoms with Crippen LogP contribution in [0.4, 0.5) is 0 Å². The molecule has 2 atom stereocenters. The van der Waals surface area contributed by atoms with E-state index in [0.717, 1.165) is 10.0 Å². The maximum atomic E-state index is 9.35. The highest BCUT2D eigenvalue weighted by Crippen LogP contribution is 2.16. The molecule has 0 fully saturated rings. The number of hydrogen-bond donors (Lipinski definition) is 2. The molecule has 1 heterocycles. The second-order valence-electron chi connectivity index (χ2n) is 4.12. The molecule has 0 spiro atoms. The fourth-order valence-corrected chi connectivity index (χ4v) is 1.96. The molecule has 0 amide bonds. The molecular formula is C12H14BrN3O2. The van der Waals surface area contributed by atoms with Crippen LogP contribution in [0, 0.1) is 0 Å². The van der Waals surface area contributed by atoms with Gasteiger partial charge in [0.25, 0.3) is 0 Å². The van der Waals surface area contributed by atoms with Crippen LogP contribution in [0.1, 0.15) is 30.2 Å². The first-order valence-electron chi connectivity index (χ1n) is 5.57. The lowest BCUT2D eigenvalue weighted by Gasteiger charge is -2.08. The van der Waals surface area contributed by atoms with E-state index in [9.17, 15) is 5.11 Å². The molecule has 2 unspecified atom stereocenters. The molecule has 1 aromatic heterocycles. The van der Waals surface area contributed by atoms with Gasteiger partial charge in [-0.3, -0.25) is 0 Å². The molecule has 3 N–H and O–H groups in total. The molecule has 0 radical (unpaired) electrons. The van der Waals surface area contributed by atoms with Crippen molar-refractivity contribution in [3.05, 3.63) is 46.0 Å². The fraction of sp³-hybridized carbons (Fsp3) is 0.333. The standard InChI is InChI=1S/C12H14BrN3O2/c1-7(17)11(14)12-15-10(16-18-12)6-8-3-2-4-9(13)5-8/h2-5,7,11,17H,6,14H2,1H3. The SMILES string of the molecule is CC(O)C(N)c1nc(Cc2cccc(Br)c2)no1. The maximum Gasteiger partial charge on any atom is 0.246 e. The smallest absolute Gasteiger partial charge is 0.246 e. The zero-order valence-electron chi connectivity index (χ0n) is 9.88. The van der Waals surface area contributed by atoms with Gasteiger partial charge in [-0.05, 0) is 24.6 Å². The lowest BCUT2D eigenvalue weighted by molar-refractivity contribution is 0.146. The summed E-state index contributed by atoms with van der Waals surface area (Å²) in [4.78, 5) is 4.18. The number of benzene rings is 1. The molecule has 0 saturated carbocycles. The van der Waals surface area contributed by atoms with Crippen LogP contribution >= 0.6 is 15.9 Å². The Kier molecular flexibility index (Phi) is 4.11. The molecule has 18 heavy (non-hydrogen) atoms. The topological polar surface area (TPSA) is 85.2 Å². The van der Waals surface area contributed by atoms with E-state index in [1.807, 2.05) is 24.3 Å². The molecule has 0 saturated heterocycles. The van der Waals surface area contributed by atoms with Crippen LogP contribution in [0.5, 0.6) is 0 Å². The average Bonchev–Trinajstić information content (AvgIpc) is 2.76. The summed E-state index contributed by atoms with van der Waals surface area (Å²) in [5.74, 6) is 0.814. The predicted octanol–water partition coefficient (Wildman–Crippen LogP) is 1.80. The van der Waals surface area contributed by atoms with Gasteiger partial charge in [0.15, 0.2) is 5.82 Å². The lowest BCUT2D eigenvalue weighted by Crippen LogP contribution is -2.23. The van der Waals surface area contributed by atoms with Crippen molar-refractivity contribution >= 4 is 15.9 Å². The zero-order valence-corrected chi connectivity index (χ0v) is 11.5. The van der Waals surface area contributed by atoms with Crippen LogP contribution in [0.25, 0.3) is 0 Å². The van der Waals surface area contributed by atoms with E-state index in [4.69, 9.17) is 10.3 Å². The number of aromatic nitrogens is 2. The van der Waals surface area contributed by atoms with Crippen molar-refractivity contribution in [2.45, 2.75) is 25.5 Å². The molecule has 1 aromatic carbocycles. The Balaban J connectivity index is 2.11. The minimum Gasteiger partial charge on any atom is -0.391 e. The minimum atomic E-state index is -0.718. The van der Waals surface area contributed by atoms with Gasteiger partial charge in [-0.25, -0.2) is 0 Å². The predicted molar refractivity (Wildman–Crippen MR) is 69.9 cm³/mol. The van der Waals surface area contributed by atoms with Crippen molar-refractivity contribution in [2.24, 2.45) is 5.73 Å². The third-order valence-corrected chi connectivity index (χ3v) is 3.03. The Bertz CT molecular complexity index is 528. The van der Waals surface area contributed by atoms with E-state index in [2.05, 4.69) is 26.1 Å². The highest BCUT2D eigenvalue weighted by atomic mass is 79.9. The van der Waals surface area contributed by atoms with Gasteiger partial charge in [-0.15, -0.1) is 0 Å². The number of aliphatic hydroxyl groups is 1. The summed E-state index contributed by atoms with van der Waals surface area (Å²) in [6.07, 6.45) is -0.153. The van der Waals surface area contributed by atoms with Gasteiger partial charge >= 0.3 is 0 Å². The molecule has 5 nitrogen and oxygen atoms in total. The molecule has 2 rings (SSSR count). The van der Waals surface area contributed by atoms with E-state index in [1.54, 1.807) is 6.92 Å². The van der Waals surface area contributed by atoms with Crippen LogP contribution < -0.4 is 5.73 Å². The summed E-state index contributed by atoms with van der Waals surface area (Å²) < 4.78 is 6.04. The quantitative estimate of drug-likeness (QED) is 0.899. The van der Waals surface area contributed by atoms with Gasteiger partial charge in [0.2, 0.25) is 5.89 Å². The summed E-state index contributed by atoms with van der Waals surface area (Å²) in [6.45, 7) is 1.59. The summed E-state index contributed by atoms with van der Waals surface area (Å²) in [7, 11) is 0. The fourth-order valence-electron chi connectivity index (χ4n) is 1.51. The molecule has 6 heteroatoms. The number of rotatable bonds is 4. The number of halogens is 1. The normalized spacial score (nSPS) is 14.4. The summed E-state index contributed by atoms with van der Waals surface area (Å²) >= 11 is 3.41. The second-order valence-corrected chi connectivity index (χ2v) is 5.04. The van der Waals surface area contributed by atoms with E-state index < -0.39 is 12.1 Å². The Morgan fingerprint density at radius 3 is 2.94 bits per heavy atom. The van der Waals surface area contributed by atoms with Crippen LogP contribution in [0.3, 0.4) is 0 Å². The van der Waals surface area contributed by atoms with Gasteiger partial charge in [0, 0.05) is 10.9 Å². The number of hydrogen-bond acceptors (Lipinski definition) is 5. The highest BCUT2D eigenvalue weighted by Gasteiger charge is 2.19. The molecule has 0 aliphatic carbocycles. The van der Waals surface area contributed by atoms with Crippen LogP contribution in [0.2, 0.25) is 0 Å². The van der Waals surface area contributed by atoms with Crippen molar-refractivity contribution in [2.75, 3.05) is 0 Å². The third-order valence-electron chi connectivity index (χ3n) is 2.54. The Morgan fingerprint density at radius 2 is 2.28 bits per heavy atom. The number of nitrogens with zero attached hydrogens (tertiary/aromatic N) is 2. The molecule has 96 valence electrons. The van der Waals surface area contributed by atoms with E-state index >= 15 is 0 Å². The molecule has 2 aromatic rings. The zero-order chi connectivity index (χ0) is 13.1. The van der Waals surface area contributed by atoms with Gasteiger partial charge in [0.05, 0.1) is 6.10 Å². The average molecular weight is 312 g/mol. The van der Waals surface area contributed by atoms with Gasteiger partial charge in [-0.2, -0.15) is 4.98 Å². The lowest BCUT2D eigenvalue weighted by atomic mass is 10.1. The first kappa shape index (κ1) is 13.2. The van der Waals surface area contributed by atoms with Crippen molar-refractivity contribution in [1.82, 2.24) is 10.1 Å².